The predicted octanol–water partition coefficient (Wildman–Crippen LogP) is -0.264. The molecule has 1 aliphatic rings. The minimum absolute atomic E-state index is 0.0445. The van der Waals surface area contributed by atoms with Crippen LogP contribution in [-0.2, 0) is 4.74 Å². The van der Waals surface area contributed by atoms with Gasteiger partial charge in [-0.05, 0) is 6.07 Å². The van der Waals surface area contributed by atoms with Gasteiger partial charge in [-0.3, -0.25) is 10.1 Å². The fraction of sp³-hybridized carbons (Fsp3) is 0.500. The minimum atomic E-state index is -0.548. The highest BCUT2D eigenvalue weighted by Crippen LogP contribution is 2.23. The summed E-state index contributed by atoms with van der Waals surface area (Å²) in [6.45, 7) is 2.26. The molecule has 18 heavy (non-hydrogen) atoms. The van der Waals surface area contributed by atoms with Gasteiger partial charge in [0.25, 0.3) is 0 Å². The second kappa shape index (κ2) is 5.15. The molecule has 8 nitrogen and oxygen atoms in total. The van der Waals surface area contributed by atoms with Crippen LogP contribution >= 0.6 is 0 Å². The van der Waals surface area contributed by atoms with E-state index in [1.54, 1.807) is 6.07 Å². The highest BCUT2D eigenvalue weighted by atomic mass is 16.6. The van der Waals surface area contributed by atoms with Crippen LogP contribution in [0.3, 0.4) is 0 Å². The van der Waals surface area contributed by atoms with Gasteiger partial charge in [0.1, 0.15) is 5.82 Å². The van der Waals surface area contributed by atoms with Crippen molar-refractivity contribution in [2.24, 2.45) is 5.73 Å². The van der Waals surface area contributed by atoms with Crippen LogP contribution in [0.15, 0.2) is 12.1 Å². The third-order valence-corrected chi connectivity index (χ3v) is 2.81. The first kappa shape index (κ1) is 12.5. The number of ether oxygens (including phenoxy) is 1. The highest BCUT2D eigenvalue weighted by Gasteiger charge is 2.22. The molecule has 1 unspecified atom stereocenters. The largest absolute Gasteiger partial charge is 0.378 e. The van der Waals surface area contributed by atoms with Crippen LogP contribution in [-0.4, -0.2) is 42.3 Å². The third kappa shape index (κ3) is 2.49. The van der Waals surface area contributed by atoms with E-state index >= 15 is 0 Å². The van der Waals surface area contributed by atoms with Crippen molar-refractivity contribution in [1.82, 2.24) is 4.98 Å². The van der Waals surface area contributed by atoms with Crippen molar-refractivity contribution in [3.63, 3.8) is 0 Å². The zero-order valence-electron chi connectivity index (χ0n) is 9.78. The summed E-state index contributed by atoms with van der Waals surface area (Å²) in [5.74, 6) is 0.535. The lowest BCUT2D eigenvalue weighted by Gasteiger charge is -2.33. The smallest absolute Gasteiger partial charge is 0.311 e. The zero-order chi connectivity index (χ0) is 13.1. The van der Waals surface area contributed by atoms with Gasteiger partial charge in [-0.25, -0.2) is 4.98 Å². The summed E-state index contributed by atoms with van der Waals surface area (Å²) in [7, 11) is 0. The summed E-state index contributed by atoms with van der Waals surface area (Å²) in [5.41, 5.74) is 10.9. The first-order chi connectivity index (χ1) is 8.61. The molecule has 1 aromatic rings. The molecular weight excluding hydrogens is 238 g/mol. The molecule has 0 saturated carbocycles. The van der Waals surface area contributed by atoms with Crippen molar-refractivity contribution in [3.8, 4) is 0 Å². The van der Waals surface area contributed by atoms with Crippen LogP contribution in [0, 0.1) is 10.1 Å². The van der Waals surface area contributed by atoms with E-state index < -0.39 is 4.92 Å². The average molecular weight is 253 g/mol. The van der Waals surface area contributed by atoms with Crippen LogP contribution < -0.4 is 16.4 Å². The van der Waals surface area contributed by atoms with Gasteiger partial charge in [-0.2, -0.15) is 0 Å². The number of nitrogens with two attached hydrogens (primary N) is 2. The SMILES string of the molecule is NCC1CN(c2ccc([N+](=O)[O-])c(N)n2)CCO1. The molecular formula is C10H15N5O3. The first-order valence-corrected chi connectivity index (χ1v) is 5.59. The molecule has 4 N–H and O–H groups in total. The Morgan fingerprint density at radius 3 is 3.00 bits per heavy atom. The van der Waals surface area contributed by atoms with Gasteiger partial charge in [0, 0.05) is 25.7 Å². The number of hydrogen-bond acceptors (Lipinski definition) is 7. The van der Waals surface area contributed by atoms with E-state index in [0.29, 0.717) is 32.1 Å². The quantitative estimate of drug-likeness (QED) is 0.562. The zero-order valence-corrected chi connectivity index (χ0v) is 9.78. The van der Waals surface area contributed by atoms with E-state index in [4.69, 9.17) is 16.2 Å². The maximum Gasteiger partial charge on any atom is 0.311 e. The molecule has 98 valence electrons. The predicted molar refractivity (Wildman–Crippen MR) is 66.3 cm³/mol. The number of nitrogens with zero attached hydrogens (tertiary/aromatic N) is 3. The summed E-state index contributed by atoms with van der Waals surface area (Å²) in [4.78, 5) is 16.1. The van der Waals surface area contributed by atoms with Crippen LogP contribution in [0.25, 0.3) is 0 Å². The molecule has 2 rings (SSSR count). The van der Waals surface area contributed by atoms with E-state index in [0.717, 1.165) is 0 Å². The third-order valence-electron chi connectivity index (χ3n) is 2.81. The maximum atomic E-state index is 10.6. The minimum Gasteiger partial charge on any atom is -0.378 e. The number of nitrogen functional groups attached to an aromatic ring is 1. The number of pyridine rings is 1. The lowest BCUT2D eigenvalue weighted by molar-refractivity contribution is -0.384. The summed E-state index contributed by atoms with van der Waals surface area (Å²) in [6.07, 6.45) is -0.0445. The number of aromatic nitrogens is 1. The fourth-order valence-electron chi connectivity index (χ4n) is 1.86. The molecule has 0 aliphatic carbocycles. The number of hydrogen-bond donors (Lipinski definition) is 2. The van der Waals surface area contributed by atoms with Crippen LogP contribution in [0.4, 0.5) is 17.3 Å². The average Bonchev–Trinajstić information content (AvgIpc) is 2.38. The van der Waals surface area contributed by atoms with Crippen LogP contribution in [0.1, 0.15) is 0 Å². The Morgan fingerprint density at radius 1 is 1.61 bits per heavy atom. The fourth-order valence-corrected chi connectivity index (χ4v) is 1.86. The molecule has 1 fully saturated rings. The van der Waals surface area contributed by atoms with Gasteiger partial charge >= 0.3 is 5.69 Å². The standard InChI is InChI=1S/C10H15N5O3/c11-5-7-6-14(3-4-18-7)9-2-1-8(15(16)17)10(12)13-9/h1-2,7H,3-6,11H2,(H2,12,13). The summed E-state index contributed by atoms with van der Waals surface area (Å²) < 4.78 is 5.44. The lowest BCUT2D eigenvalue weighted by atomic mass is 10.2. The maximum absolute atomic E-state index is 10.6. The van der Waals surface area contributed by atoms with Crippen molar-refractivity contribution in [3.05, 3.63) is 22.2 Å². The van der Waals surface area contributed by atoms with E-state index in [9.17, 15) is 10.1 Å². The molecule has 1 saturated heterocycles. The highest BCUT2D eigenvalue weighted by molar-refractivity contribution is 5.58. The molecule has 0 amide bonds. The van der Waals surface area contributed by atoms with Crippen molar-refractivity contribution in [2.75, 3.05) is 36.9 Å². The van der Waals surface area contributed by atoms with Gasteiger partial charge in [-0.15, -0.1) is 0 Å². The van der Waals surface area contributed by atoms with Gasteiger partial charge < -0.3 is 21.1 Å². The van der Waals surface area contributed by atoms with Gasteiger partial charge in [0.05, 0.1) is 17.6 Å². The molecule has 1 aromatic heterocycles. The number of anilines is 2. The van der Waals surface area contributed by atoms with Crippen LogP contribution in [0.2, 0.25) is 0 Å². The molecule has 2 heterocycles. The van der Waals surface area contributed by atoms with Crippen molar-refractivity contribution in [2.45, 2.75) is 6.10 Å². The Bertz CT molecular complexity index is 453. The summed E-state index contributed by atoms with van der Waals surface area (Å²) >= 11 is 0. The van der Waals surface area contributed by atoms with E-state index in [1.165, 1.54) is 6.07 Å². The second-order valence-corrected chi connectivity index (χ2v) is 4.01. The van der Waals surface area contributed by atoms with Crippen LogP contribution in [0.5, 0.6) is 0 Å². The topological polar surface area (TPSA) is 121 Å². The molecule has 0 spiro atoms. The van der Waals surface area contributed by atoms with E-state index in [2.05, 4.69) is 4.98 Å². The second-order valence-electron chi connectivity index (χ2n) is 4.01. The Balaban J connectivity index is 2.18. The van der Waals surface area contributed by atoms with Crippen molar-refractivity contribution < 1.29 is 9.66 Å². The van der Waals surface area contributed by atoms with Gasteiger partial charge in [-0.1, -0.05) is 0 Å². The molecule has 8 heteroatoms. The Labute approximate surface area is 104 Å². The Hall–Kier alpha value is -1.93. The molecule has 0 radical (unpaired) electrons. The lowest BCUT2D eigenvalue weighted by Crippen LogP contribution is -2.46. The number of nitro groups is 1. The molecule has 1 aliphatic heterocycles. The Morgan fingerprint density at radius 2 is 2.39 bits per heavy atom. The number of rotatable bonds is 3. The summed E-state index contributed by atoms with van der Waals surface area (Å²) in [5, 5.41) is 10.6. The van der Waals surface area contributed by atoms with Crippen molar-refractivity contribution >= 4 is 17.3 Å². The van der Waals surface area contributed by atoms with Gasteiger partial charge in [0.15, 0.2) is 0 Å². The molecule has 0 bridgehead atoms. The first-order valence-electron chi connectivity index (χ1n) is 5.59. The molecule has 1 atom stereocenters. The summed E-state index contributed by atoms with van der Waals surface area (Å²) in [6, 6.07) is 2.96. The molecule has 0 aromatic carbocycles. The monoisotopic (exact) mass is 253 g/mol. The van der Waals surface area contributed by atoms with E-state index in [1.807, 2.05) is 4.90 Å². The Kier molecular flexibility index (Phi) is 3.58. The van der Waals surface area contributed by atoms with Gasteiger partial charge in [0.2, 0.25) is 5.82 Å². The van der Waals surface area contributed by atoms with E-state index in [-0.39, 0.29) is 17.6 Å². The normalized spacial score (nSPS) is 19.8. The van der Waals surface area contributed by atoms with Crippen molar-refractivity contribution in [1.29, 1.82) is 0 Å². The number of morpholine rings is 1.